The fraction of sp³-hybridized carbons (Fsp3) is 0.400. The number of amides is 8. The van der Waals surface area contributed by atoms with Crippen LogP contribution in [0.15, 0.2) is 94.9 Å². The molecule has 0 saturated heterocycles. The molecule has 4 aromatic rings. The topological polar surface area (TPSA) is 381 Å². The van der Waals surface area contributed by atoms with E-state index >= 15 is 0 Å². The number of carbonyl (C=O) groups excluding carboxylic acids is 10. The second kappa shape index (κ2) is 37.5. The molecule has 0 heterocycles. The van der Waals surface area contributed by atoms with Gasteiger partial charge in [0.25, 0.3) is 23.6 Å². The number of aliphatic imine (C=N–C) groups is 2. The van der Waals surface area contributed by atoms with Crippen molar-refractivity contribution in [2.24, 2.45) is 21.5 Å². The molecular weight excluding hydrogens is 1320 g/mol. The van der Waals surface area contributed by atoms with E-state index in [0.717, 1.165) is 38.5 Å². The monoisotopic (exact) mass is 1390 g/mol. The molecule has 0 aliphatic heterocycles. The van der Waals surface area contributed by atoms with Gasteiger partial charge in [-0.25, -0.2) is 29.2 Å². The number of nitrogens with zero attached hydrogens (tertiary/aromatic N) is 2. The van der Waals surface area contributed by atoms with Gasteiger partial charge in [0.05, 0.1) is 55.7 Å². The lowest BCUT2D eigenvalue weighted by molar-refractivity contribution is -0.152. The van der Waals surface area contributed by atoms with Crippen molar-refractivity contribution in [2.75, 3.05) is 26.2 Å². The van der Waals surface area contributed by atoms with Crippen molar-refractivity contribution < 1.29 is 66.9 Å². The summed E-state index contributed by atoms with van der Waals surface area (Å²) >= 11 is 24.6. The summed E-state index contributed by atoms with van der Waals surface area (Å²) < 4.78 is 21.6. The number of hydrogen-bond donors (Lipinski definition) is 10. The molecule has 0 unspecified atom stereocenters. The lowest BCUT2D eigenvalue weighted by Crippen LogP contribution is -2.51. The van der Waals surface area contributed by atoms with Crippen LogP contribution >= 0.6 is 73.4 Å². The molecule has 2 aliphatic rings. The number of rotatable bonds is 20. The van der Waals surface area contributed by atoms with Crippen molar-refractivity contribution >= 4 is 156 Å². The number of benzene rings is 4. The number of alkyl carbamates (subject to hydrolysis) is 2. The highest BCUT2D eigenvalue weighted by Gasteiger charge is 2.32. The Kier molecular flexibility index (Phi) is 31.9. The first-order chi connectivity index (χ1) is 42.4. The molecule has 2 aliphatic carbocycles. The minimum atomic E-state index is -1.28. The van der Waals surface area contributed by atoms with Crippen LogP contribution in [-0.2, 0) is 38.1 Å². The van der Waals surface area contributed by atoms with Crippen LogP contribution in [0.3, 0.4) is 0 Å². The van der Waals surface area contributed by atoms with Gasteiger partial charge in [0.1, 0.15) is 35.5 Å². The van der Waals surface area contributed by atoms with E-state index < -0.39 is 89.4 Å². The largest absolute Gasteiger partial charge is 0.461 e. The maximum absolute atomic E-state index is 13.1. The number of nitrogens with one attached hydrogen (secondary N) is 8. The summed E-state index contributed by atoms with van der Waals surface area (Å²) in [5.74, 6) is -5.83. The molecule has 2 atom stereocenters. The van der Waals surface area contributed by atoms with Gasteiger partial charge in [-0.05, 0) is 154 Å². The number of nitrogens with two attached hydrogens (primary N) is 2. The van der Waals surface area contributed by atoms with Crippen molar-refractivity contribution in [3.63, 3.8) is 0 Å². The van der Waals surface area contributed by atoms with Gasteiger partial charge in [-0.2, -0.15) is 27.0 Å². The molecule has 12 N–H and O–H groups in total. The van der Waals surface area contributed by atoms with Crippen LogP contribution in [0.5, 0.6) is 0 Å². The van der Waals surface area contributed by atoms with E-state index in [9.17, 15) is 47.9 Å². The first-order valence-electron chi connectivity index (χ1n) is 28.3. The van der Waals surface area contributed by atoms with Crippen molar-refractivity contribution in [1.29, 1.82) is 0 Å². The van der Waals surface area contributed by atoms with E-state index in [-0.39, 0.29) is 119 Å². The predicted octanol–water partition coefficient (Wildman–Crippen LogP) is 7.42. The second-order valence-corrected chi connectivity index (χ2v) is 23.9. The fourth-order valence-electron chi connectivity index (χ4n) is 8.46. The van der Waals surface area contributed by atoms with Gasteiger partial charge >= 0.3 is 24.1 Å². The highest BCUT2D eigenvalue weighted by molar-refractivity contribution is 7.59. The van der Waals surface area contributed by atoms with Gasteiger partial charge < -0.3 is 62.3 Å². The van der Waals surface area contributed by atoms with Crippen molar-refractivity contribution in [1.82, 2.24) is 42.5 Å². The molecule has 500 valence electrons. The Bertz CT molecular complexity index is 3280. The molecule has 92 heavy (non-hydrogen) atoms. The van der Waals surface area contributed by atoms with Crippen LogP contribution < -0.4 is 54.0 Å². The average molecular weight is 1400 g/mol. The number of esters is 2. The second-order valence-electron chi connectivity index (χ2n) is 22.3. The normalized spacial score (nSPS) is 13.3. The summed E-state index contributed by atoms with van der Waals surface area (Å²) in [5, 5.41) is 20.1. The van der Waals surface area contributed by atoms with Crippen LogP contribution in [0.25, 0.3) is 0 Å². The highest BCUT2D eigenvalue weighted by Crippen LogP contribution is 2.27. The molecule has 0 radical (unpaired) electrons. The summed E-state index contributed by atoms with van der Waals surface area (Å²) in [6, 6.07) is 18.6. The Morgan fingerprint density at radius 1 is 0.500 bits per heavy atom. The number of carbonyl (C=O) groups is 10. The number of hydrogen-bond acceptors (Lipinski definition) is 16. The molecule has 4 aromatic carbocycles. The molecular formula is C60H76Cl4N12O14S2. The van der Waals surface area contributed by atoms with Gasteiger partial charge in [0.2, 0.25) is 17.8 Å². The van der Waals surface area contributed by atoms with Gasteiger partial charge in [0.15, 0.2) is 5.96 Å². The van der Waals surface area contributed by atoms with Crippen LogP contribution in [0.1, 0.15) is 134 Å². The lowest BCUT2D eigenvalue weighted by atomic mass is 10.2. The summed E-state index contributed by atoms with van der Waals surface area (Å²) in [4.78, 5) is 135. The zero-order valence-corrected chi connectivity index (χ0v) is 56.2. The van der Waals surface area contributed by atoms with Crippen LogP contribution in [0.2, 0.25) is 20.1 Å². The molecule has 0 aromatic heterocycles. The molecule has 26 nitrogen and oxygen atoms in total. The Morgan fingerprint density at radius 2 is 0.837 bits per heavy atom. The number of halogens is 4. The maximum Gasteiger partial charge on any atom is 0.414 e. The minimum absolute atomic E-state index is 0. The summed E-state index contributed by atoms with van der Waals surface area (Å²) in [7, 11) is 0. The maximum atomic E-state index is 13.1. The first-order valence-corrected chi connectivity index (χ1v) is 29.8. The zero-order valence-electron chi connectivity index (χ0n) is 51.2. The van der Waals surface area contributed by atoms with Gasteiger partial charge in [-0.15, -0.1) is 0 Å². The van der Waals surface area contributed by atoms with E-state index in [1.807, 2.05) is 0 Å². The third-order valence-corrected chi connectivity index (χ3v) is 13.8. The van der Waals surface area contributed by atoms with Crippen molar-refractivity contribution in [3.8, 4) is 0 Å². The van der Waals surface area contributed by atoms with Crippen LogP contribution in [0, 0.1) is 0 Å². The molecule has 2 saturated carbocycles. The van der Waals surface area contributed by atoms with Gasteiger partial charge in [-0.3, -0.25) is 39.4 Å². The van der Waals surface area contributed by atoms with Crippen LogP contribution in [-0.4, -0.2) is 133 Å². The van der Waals surface area contributed by atoms with Crippen molar-refractivity contribution in [3.05, 3.63) is 127 Å². The quantitative estimate of drug-likeness (QED) is 0.0178. The summed E-state index contributed by atoms with van der Waals surface area (Å²) in [5.41, 5.74) is 9.83. The highest BCUT2D eigenvalue weighted by atomic mass is 35.5. The van der Waals surface area contributed by atoms with E-state index in [1.54, 1.807) is 65.8 Å². The lowest BCUT2D eigenvalue weighted by Gasteiger charge is -2.22. The van der Waals surface area contributed by atoms with E-state index in [2.05, 4.69) is 52.5 Å². The van der Waals surface area contributed by atoms with Gasteiger partial charge in [0, 0.05) is 24.2 Å². The Hall–Kier alpha value is -8.02. The van der Waals surface area contributed by atoms with Crippen molar-refractivity contribution in [2.45, 2.75) is 128 Å². The third kappa shape index (κ3) is 27.4. The Morgan fingerprint density at radius 3 is 1.17 bits per heavy atom. The number of ether oxygens (including phenoxy) is 4. The zero-order chi connectivity index (χ0) is 66.3. The molecule has 2 fully saturated rings. The first kappa shape index (κ1) is 78.2. The smallest absolute Gasteiger partial charge is 0.414 e. The Labute approximate surface area is 565 Å². The summed E-state index contributed by atoms with van der Waals surface area (Å²) in [6.07, 6.45) is 4.17. The molecule has 32 heteroatoms. The standard InChI is InChI=1S/C35H44Cl2N6O9.C25H28Cl2N6O5.2H2S/c1-34(2,3)51-32(48)42-31(43-33(49)52-35(4,5)6)40-21-12-9-11-20(17-21)28(45)39-19-26(44)38-18-25(30(47)50-22-13-7-8-14-22)41-29(46)27-23(36)15-10-16-24(27)37;26-17-9-4-10-18(27)21(17)23(36)33-19(24(37)38-16-7-1-2-8-16)12-30-20(34)13-31-22(35)14-5-3-6-15(11-14)32-25(28)29;;/h9-12,15-17,22,25H,7-8,13-14,18-19H2,1-6H3,(H,38,44)(H,39,45)(H,41,46)(H2,40,42,43,48,49);3-6,9-11,16,19H,1-2,7-8,12-13H2,(H,30,34)(H,31,35)(H,33,36)(H4,28,29,32);2*1H2/t25-;19-;;/m00../s1. The third-order valence-electron chi connectivity index (χ3n) is 12.5. The SMILES string of the molecule is CC(C)(C)OC(=O)NC(=Nc1cccc(C(=O)NCC(=O)NC[C@H](NC(=O)c2c(Cl)cccc2Cl)C(=O)OC2CCCC2)c1)NC(=O)OC(C)(C)C.NC(N)=Nc1cccc(C(=O)NCC(=O)NC[C@H](NC(=O)c2c(Cl)cccc2Cl)C(=O)OC2CCCC2)c1.S.S. The van der Waals surface area contributed by atoms with E-state index in [0.29, 0.717) is 18.5 Å². The molecule has 8 amide bonds. The molecule has 0 spiro atoms. The predicted molar refractivity (Wildman–Crippen MR) is 358 cm³/mol. The number of guanidine groups is 2. The fourth-order valence-corrected chi connectivity index (χ4v) is 9.60. The Balaban J connectivity index is 0.000000491. The molecule has 0 bridgehead atoms. The minimum Gasteiger partial charge on any atom is -0.461 e. The summed E-state index contributed by atoms with van der Waals surface area (Å²) in [6.45, 7) is 8.44. The van der Waals surface area contributed by atoms with Crippen LogP contribution in [0.4, 0.5) is 21.0 Å². The van der Waals surface area contributed by atoms with Gasteiger partial charge in [-0.1, -0.05) is 70.7 Å². The average Bonchev–Trinajstić information content (AvgIpc) is 1.25. The van der Waals surface area contributed by atoms with E-state index in [4.69, 9.17) is 76.8 Å². The van der Waals surface area contributed by atoms with E-state index in [1.165, 1.54) is 60.7 Å². The molecule has 6 rings (SSSR count).